The fraction of sp³-hybridized carbons (Fsp3) is 0.300. The number of hydrogen-bond donors (Lipinski definition) is 2. The summed E-state index contributed by atoms with van der Waals surface area (Å²) in [4.78, 5) is 13.1. The van der Waals surface area contributed by atoms with E-state index < -0.39 is 5.92 Å². The third-order valence-electron chi connectivity index (χ3n) is 4.56. The molecule has 0 aliphatic rings. The first kappa shape index (κ1) is 20.9. The first-order valence-electron chi connectivity index (χ1n) is 9.06. The Kier molecular flexibility index (Phi) is 6.68. The lowest BCUT2D eigenvalue weighted by Gasteiger charge is -2.17. The van der Waals surface area contributed by atoms with Gasteiger partial charge in [0.15, 0.2) is 17.3 Å². The van der Waals surface area contributed by atoms with Crippen LogP contribution in [0.5, 0.6) is 23.0 Å². The van der Waals surface area contributed by atoms with E-state index >= 15 is 0 Å². The summed E-state index contributed by atoms with van der Waals surface area (Å²) in [5.41, 5.74) is 1.35. The smallest absolute Gasteiger partial charge is 0.235 e. The number of carbonyl (C=O) groups excluding carboxylic acids is 1. The van der Waals surface area contributed by atoms with Crippen molar-refractivity contribution in [3.05, 3.63) is 47.8 Å². The molecule has 1 aromatic heterocycles. The minimum absolute atomic E-state index is 0.269. The molecule has 10 heteroatoms. The molecule has 0 radical (unpaired) electrons. The number of aromatic nitrogens is 4. The van der Waals surface area contributed by atoms with Crippen molar-refractivity contribution in [1.82, 2.24) is 20.6 Å². The predicted octanol–water partition coefficient (Wildman–Crippen LogP) is 2.20. The van der Waals surface area contributed by atoms with Gasteiger partial charge in [-0.3, -0.25) is 4.79 Å². The second kappa shape index (κ2) is 9.59. The Morgan fingerprint density at radius 3 is 2.37 bits per heavy atom. The molecule has 0 bridgehead atoms. The fourth-order valence-electron chi connectivity index (χ4n) is 3.00. The Morgan fingerprint density at radius 1 is 0.967 bits per heavy atom. The molecule has 30 heavy (non-hydrogen) atoms. The number of hydrogen-bond acceptors (Lipinski definition) is 8. The largest absolute Gasteiger partial charge is 0.497 e. The van der Waals surface area contributed by atoms with Gasteiger partial charge in [-0.25, -0.2) is 0 Å². The number of H-pyrrole nitrogens is 1. The Bertz CT molecular complexity index is 993. The molecule has 0 fully saturated rings. The summed E-state index contributed by atoms with van der Waals surface area (Å²) in [5.74, 6) is 1.58. The zero-order valence-electron chi connectivity index (χ0n) is 17.1. The number of aromatic amines is 1. The molecule has 1 atom stereocenters. The van der Waals surface area contributed by atoms with Gasteiger partial charge in [0, 0.05) is 17.8 Å². The van der Waals surface area contributed by atoms with Crippen LogP contribution in [0.15, 0.2) is 36.4 Å². The summed E-state index contributed by atoms with van der Waals surface area (Å²) in [7, 11) is 6.21. The number of tetrazole rings is 1. The Balaban J connectivity index is 1.87. The molecule has 1 amide bonds. The number of amides is 1. The highest BCUT2D eigenvalue weighted by molar-refractivity contribution is 5.95. The molecule has 10 nitrogen and oxygen atoms in total. The van der Waals surface area contributed by atoms with Crippen molar-refractivity contribution in [1.29, 1.82) is 0 Å². The summed E-state index contributed by atoms with van der Waals surface area (Å²) in [5, 5.41) is 16.9. The maximum atomic E-state index is 13.1. The maximum Gasteiger partial charge on any atom is 0.235 e. The van der Waals surface area contributed by atoms with Crippen molar-refractivity contribution in [3.63, 3.8) is 0 Å². The minimum Gasteiger partial charge on any atom is -0.497 e. The molecule has 2 aromatic carbocycles. The Hall–Kier alpha value is -3.82. The van der Waals surface area contributed by atoms with Gasteiger partial charge in [0.05, 0.1) is 28.4 Å². The number of carbonyl (C=O) groups is 1. The lowest BCUT2D eigenvalue weighted by atomic mass is 9.96. The molecule has 1 unspecified atom stereocenters. The predicted molar refractivity (Wildman–Crippen MR) is 108 cm³/mol. The van der Waals surface area contributed by atoms with Crippen molar-refractivity contribution < 1.29 is 23.7 Å². The van der Waals surface area contributed by atoms with Crippen LogP contribution in [0.2, 0.25) is 0 Å². The van der Waals surface area contributed by atoms with E-state index in [0.29, 0.717) is 35.1 Å². The summed E-state index contributed by atoms with van der Waals surface area (Å²) >= 11 is 0. The lowest BCUT2D eigenvalue weighted by molar-refractivity contribution is -0.117. The molecule has 158 valence electrons. The number of nitrogens with one attached hydrogen (secondary N) is 2. The molecule has 0 saturated heterocycles. The molecule has 3 aromatic rings. The maximum absolute atomic E-state index is 13.1. The van der Waals surface area contributed by atoms with Crippen molar-refractivity contribution in [2.75, 3.05) is 33.8 Å². The van der Waals surface area contributed by atoms with Gasteiger partial charge in [-0.1, -0.05) is 11.3 Å². The normalized spacial score (nSPS) is 11.5. The van der Waals surface area contributed by atoms with E-state index in [2.05, 4.69) is 25.9 Å². The SMILES string of the molecule is COc1ccc(CC(C(=O)Nc2ccc(OC)c(OC)c2)c2nn[nH]n2)c(OC)c1. The molecular formula is C20H23N5O5. The van der Waals surface area contributed by atoms with E-state index in [4.69, 9.17) is 18.9 Å². The van der Waals surface area contributed by atoms with Crippen LogP contribution >= 0.6 is 0 Å². The highest BCUT2D eigenvalue weighted by atomic mass is 16.5. The lowest BCUT2D eigenvalue weighted by Crippen LogP contribution is -2.24. The number of benzene rings is 2. The van der Waals surface area contributed by atoms with E-state index in [1.54, 1.807) is 51.7 Å². The van der Waals surface area contributed by atoms with Gasteiger partial charge < -0.3 is 24.3 Å². The summed E-state index contributed by atoms with van der Waals surface area (Å²) in [6.45, 7) is 0. The highest BCUT2D eigenvalue weighted by Crippen LogP contribution is 2.32. The van der Waals surface area contributed by atoms with Crippen LogP contribution in [-0.4, -0.2) is 55.0 Å². The van der Waals surface area contributed by atoms with E-state index in [0.717, 1.165) is 5.56 Å². The Morgan fingerprint density at radius 2 is 1.73 bits per heavy atom. The van der Waals surface area contributed by atoms with Gasteiger partial charge >= 0.3 is 0 Å². The van der Waals surface area contributed by atoms with Crippen LogP contribution in [0, 0.1) is 0 Å². The van der Waals surface area contributed by atoms with E-state index in [1.165, 1.54) is 7.11 Å². The van der Waals surface area contributed by atoms with Gasteiger partial charge in [-0.2, -0.15) is 5.21 Å². The van der Waals surface area contributed by atoms with Crippen LogP contribution < -0.4 is 24.3 Å². The number of anilines is 1. The second-order valence-corrected chi connectivity index (χ2v) is 6.26. The van der Waals surface area contributed by atoms with Crippen molar-refractivity contribution in [2.24, 2.45) is 0 Å². The summed E-state index contributed by atoms with van der Waals surface area (Å²) in [6.07, 6.45) is 0.297. The average Bonchev–Trinajstić information content (AvgIpc) is 3.31. The molecule has 2 N–H and O–H groups in total. The number of methoxy groups -OCH3 is 4. The van der Waals surface area contributed by atoms with Gasteiger partial charge in [-0.05, 0) is 30.2 Å². The third-order valence-corrected chi connectivity index (χ3v) is 4.56. The first-order chi connectivity index (χ1) is 14.6. The molecule has 1 heterocycles. The molecule has 0 spiro atoms. The minimum atomic E-state index is -0.709. The molecule has 3 rings (SSSR count). The topological polar surface area (TPSA) is 120 Å². The van der Waals surface area contributed by atoms with Gasteiger partial charge in [-0.15, -0.1) is 10.2 Å². The average molecular weight is 413 g/mol. The van der Waals surface area contributed by atoms with E-state index in [-0.39, 0.29) is 11.7 Å². The summed E-state index contributed by atoms with van der Waals surface area (Å²) < 4.78 is 21.2. The zero-order valence-corrected chi connectivity index (χ0v) is 17.1. The van der Waals surface area contributed by atoms with Gasteiger partial charge in [0.25, 0.3) is 0 Å². The van der Waals surface area contributed by atoms with E-state index in [1.807, 2.05) is 6.07 Å². The number of ether oxygens (including phenoxy) is 4. The van der Waals surface area contributed by atoms with Crippen LogP contribution in [0.1, 0.15) is 17.3 Å². The number of rotatable bonds is 9. The van der Waals surface area contributed by atoms with Crippen molar-refractivity contribution in [2.45, 2.75) is 12.3 Å². The van der Waals surface area contributed by atoms with Crippen LogP contribution in [0.4, 0.5) is 5.69 Å². The number of nitrogens with zero attached hydrogens (tertiary/aromatic N) is 3. The van der Waals surface area contributed by atoms with Crippen LogP contribution in [0.3, 0.4) is 0 Å². The third kappa shape index (κ3) is 4.59. The van der Waals surface area contributed by atoms with Gasteiger partial charge in [0.1, 0.15) is 17.4 Å². The summed E-state index contributed by atoms with van der Waals surface area (Å²) in [6, 6.07) is 10.5. The molecule has 0 saturated carbocycles. The first-order valence-corrected chi connectivity index (χ1v) is 9.06. The highest BCUT2D eigenvalue weighted by Gasteiger charge is 2.27. The van der Waals surface area contributed by atoms with Gasteiger partial charge in [0.2, 0.25) is 5.91 Å². The Labute approximate surface area is 173 Å². The molecule has 0 aliphatic carbocycles. The molecule has 0 aliphatic heterocycles. The second-order valence-electron chi connectivity index (χ2n) is 6.26. The zero-order chi connectivity index (χ0) is 21.5. The quantitative estimate of drug-likeness (QED) is 0.548. The fourth-order valence-corrected chi connectivity index (χ4v) is 3.00. The molecular weight excluding hydrogens is 390 g/mol. The van der Waals surface area contributed by atoms with Crippen molar-refractivity contribution >= 4 is 11.6 Å². The van der Waals surface area contributed by atoms with Crippen LogP contribution in [-0.2, 0) is 11.2 Å². The van der Waals surface area contributed by atoms with Crippen molar-refractivity contribution in [3.8, 4) is 23.0 Å². The van der Waals surface area contributed by atoms with E-state index in [9.17, 15) is 4.79 Å². The van der Waals surface area contributed by atoms with Crippen LogP contribution in [0.25, 0.3) is 0 Å². The monoisotopic (exact) mass is 413 g/mol. The standard InChI is InChI=1S/C20H23N5O5/c1-27-14-7-5-12(17(11-14)29-3)9-15(19-22-24-25-23-19)20(26)21-13-6-8-16(28-2)18(10-13)30-4/h5-8,10-11,15H,9H2,1-4H3,(H,21,26)(H,22,23,24,25).